The Morgan fingerprint density at radius 3 is 2.94 bits per heavy atom. The van der Waals surface area contributed by atoms with Crippen molar-refractivity contribution in [2.75, 3.05) is 6.61 Å². The third-order valence-corrected chi connectivity index (χ3v) is 3.35. The molecule has 2 saturated heterocycles. The maximum absolute atomic E-state index is 11.2. The van der Waals surface area contributed by atoms with E-state index in [2.05, 4.69) is 0 Å². The summed E-state index contributed by atoms with van der Waals surface area (Å²) in [6.45, 7) is 1.51. The fraction of sp³-hybridized carbons (Fsp3) is 0.636. The van der Waals surface area contributed by atoms with Gasteiger partial charge in [-0.15, -0.1) is 0 Å². The number of hydrogen-bond donors (Lipinski definition) is 2. The smallest absolute Gasteiger partial charge is 0.328 e. The van der Waals surface area contributed by atoms with E-state index in [1.54, 1.807) is 11.8 Å². The van der Waals surface area contributed by atoms with Gasteiger partial charge in [-0.2, -0.15) is 0 Å². The van der Waals surface area contributed by atoms with Crippen LogP contribution in [0.1, 0.15) is 13.3 Å². The van der Waals surface area contributed by atoms with Gasteiger partial charge in [-0.05, 0) is 6.08 Å². The fourth-order valence-electron chi connectivity index (χ4n) is 2.44. The number of ether oxygens (including phenoxy) is 1. The van der Waals surface area contributed by atoms with Gasteiger partial charge in [0.05, 0.1) is 6.61 Å². The first-order chi connectivity index (χ1) is 8.10. The van der Waals surface area contributed by atoms with Gasteiger partial charge in [-0.1, -0.05) is 6.92 Å². The number of carboxylic acids is 1. The van der Waals surface area contributed by atoms with Crippen molar-refractivity contribution in [2.45, 2.75) is 31.7 Å². The molecular weight excluding hydrogens is 226 g/mol. The van der Waals surface area contributed by atoms with E-state index >= 15 is 0 Å². The molecule has 2 rings (SSSR count). The predicted octanol–water partition coefficient (Wildman–Crippen LogP) is -0.419. The van der Waals surface area contributed by atoms with Gasteiger partial charge in [0.2, 0.25) is 0 Å². The van der Waals surface area contributed by atoms with Crippen molar-refractivity contribution in [3.05, 3.63) is 11.8 Å². The minimum absolute atomic E-state index is 0.0943. The van der Waals surface area contributed by atoms with E-state index in [4.69, 9.17) is 9.84 Å². The summed E-state index contributed by atoms with van der Waals surface area (Å²) >= 11 is 0. The van der Waals surface area contributed by atoms with E-state index in [0.717, 1.165) is 6.29 Å². The second kappa shape index (κ2) is 4.46. The minimum atomic E-state index is -1.02. The van der Waals surface area contributed by atoms with Crippen molar-refractivity contribution in [3.8, 4) is 0 Å². The molecule has 0 aromatic heterocycles. The quantitative estimate of drug-likeness (QED) is 0.650. The van der Waals surface area contributed by atoms with Gasteiger partial charge in [0.25, 0.3) is 0 Å². The lowest BCUT2D eigenvalue weighted by Crippen LogP contribution is -2.60. The molecule has 4 atom stereocenters. The summed E-state index contributed by atoms with van der Waals surface area (Å²) in [6, 6.07) is -0.975. The van der Waals surface area contributed by atoms with Gasteiger partial charge in [0, 0.05) is 18.4 Å². The van der Waals surface area contributed by atoms with Gasteiger partial charge in [0.15, 0.2) is 12.3 Å². The fourth-order valence-corrected chi connectivity index (χ4v) is 2.44. The second-order valence-corrected chi connectivity index (χ2v) is 4.35. The van der Waals surface area contributed by atoms with Crippen LogP contribution in [-0.4, -0.2) is 52.3 Å². The Morgan fingerprint density at radius 2 is 2.41 bits per heavy atom. The van der Waals surface area contributed by atoms with Crippen molar-refractivity contribution >= 4 is 12.3 Å². The summed E-state index contributed by atoms with van der Waals surface area (Å²) < 4.78 is 5.43. The number of aliphatic hydroxyl groups is 1. The van der Waals surface area contributed by atoms with E-state index in [-0.39, 0.29) is 30.6 Å². The average Bonchev–Trinajstić information content (AvgIpc) is 2.53. The molecule has 6 nitrogen and oxygen atoms in total. The lowest BCUT2D eigenvalue weighted by molar-refractivity contribution is -0.152. The topological polar surface area (TPSA) is 87.1 Å². The molecule has 0 saturated carbocycles. The first-order valence-electron chi connectivity index (χ1n) is 5.53. The number of aldehydes is 1. The molecule has 94 valence electrons. The summed E-state index contributed by atoms with van der Waals surface area (Å²) in [6.07, 6.45) is 2.56. The maximum Gasteiger partial charge on any atom is 0.328 e. The van der Waals surface area contributed by atoms with Gasteiger partial charge in [0.1, 0.15) is 12.0 Å². The van der Waals surface area contributed by atoms with Gasteiger partial charge < -0.3 is 19.7 Å². The number of fused-ring (bicyclic) bond motifs is 1. The Morgan fingerprint density at radius 1 is 1.71 bits per heavy atom. The van der Waals surface area contributed by atoms with Gasteiger partial charge in [-0.3, -0.25) is 4.79 Å². The van der Waals surface area contributed by atoms with Crippen LogP contribution in [-0.2, 0) is 14.3 Å². The number of carbonyl (C=O) groups is 2. The second-order valence-electron chi connectivity index (χ2n) is 4.35. The molecule has 0 aromatic rings. The first-order valence-corrected chi connectivity index (χ1v) is 5.53. The Bertz CT molecular complexity index is 367. The highest BCUT2D eigenvalue weighted by atomic mass is 16.5. The van der Waals surface area contributed by atoms with Crippen LogP contribution in [0.25, 0.3) is 0 Å². The highest BCUT2D eigenvalue weighted by molar-refractivity contribution is 5.78. The molecule has 3 unspecified atom stereocenters. The number of aliphatic hydroxyl groups excluding tert-OH is 1. The maximum atomic E-state index is 11.2. The van der Waals surface area contributed by atoms with Crippen molar-refractivity contribution in [3.63, 3.8) is 0 Å². The Hall–Kier alpha value is -1.40. The van der Waals surface area contributed by atoms with Crippen LogP contribution in [0.5, 0.6) is 0 Å². The van der Waals surface area contributed by atoms with E-state index < -0.39 is 12.0 Å². The lowest BCUT2D eigenvalue weighted by Gasteiger charge is -2.44. The molecule has 0 aromatic carbocycles. The molecule has 2 heterocycles. The van der Waals surface area contributed by atoms with Gasteiger partial charge in [-0.25, -0.2) is 4.90 Å². The third-order valence-electron chi connectivity index (χ3n) is 3.35. The zero-order valence-electron chi connectivity index (χ0n) is 9.44. The van der Waals surface area contributed by atoms with E-state index in [1.807, 2.05) is 0 Å². The van der Waals surface area contributed by atoms with Gasteiger partial charge >= 0.3 is 5.97 Å². The van der Waals surface area contributed by atoms with Crippen LogP contribution in [0.15, 0.2) is 11.8 Å². The molecule has 2 fully saturated rings. The lowest BCUT2D eigenvalue weighted by atomic mass is 9.89. The summed E-state index contributed by atoms with van der Waals surface area (Å²) in [7, 11) is 0. The van der Waals surface area contributed by atoms with Crippen LogP contribution >= 0.6 is 0 Å². The molecule has 0 aliphatic carbocycles. The summed E-state index contributed by atoms with van der Waals surface area (Å²) in [5.74, 6) is -0.967. The van der Waals surface area contributed by atoms with E-state index in [9.17, 15) is 14.7 Å². The zero-order valence-corrected chi connectivity index (χ0v) is 9.44. The molecular formula is C11H15NO5. The molecule has 0 bridgehead atoms. The Kier molecular flexibility index (Phi) is 3.17. The Labute approximate surface area is 98.5 Å². The number of nitrogens with zero attached hydrogens (tertiary/aromatic N) is 1. The molecule has 0 radical (unpaired) electrons. The summed E-state index contributed by atoms with van der Waals surface area (Å²) in [5.41, 5.74) is 0. The number of rotatable bonds is 4. The number of carboxylic acid groups (broad SMARTS) is 1. The molecule has 0 spiro atoms. The van der Waals surface area contributed by atoms with Crippen molar-refractivity contribution in [1.29, 1.82) is 0 Å². The van der Waals surface area contributed by atoms with Crippen molar-refractivity contribution in [2.24, 2.45) is 5.92 Å². The molecule has 2 aliphatic rings. The molecule has 17 heavy (non-hydrogen) atoms. The largest absolute Gasteiger partial charge is 0.480 e. The number of aliphatic carboxylic acids is 1. The predicted molar refractivity (Wildman–Crippen MR) is 56.9 cm³/mol. The summed E-state index contributed by atoms with van der Waals surface area (Å²) in [5, 5.41) is 18.0. The standard InChI is InChI=1S/C11H15NO5/c1-6(5-14)7-4-9-12(7)10(11(15)16)8(17-9)2-3-13/h2,5-7,9-10,13H,3-4H2,1H3,(H,15,16)/t6?,7?,9-,10?/m1/s1. The average molecular weight is 241 g/mol. The highest BCUT2D eigenvalue weighted by Gasteiger charge is 2.55. The molecule has 2 aliphatic heterocycles. The van der Waals surface area contributed by atoms with Crippen LogP contribution in [0, 0.1) is 5.92 Å². The SMILES string of the molecule is CC(C=O)C1C[C@H]2OC(=CCO)C(C(=O)O)N12. The third kappa shape index (κ3) is 1.83. The monoisotopic (exact) mass is 241 g/mol. The first kappa shape index (κ1) is 12.1. The number of carbonyl (C=O) groups excluding carboxylic acids is 1. The highest BCUT2D eigenvalue weighted by Crippen LogP contribution is 2.42. The van der Waals surface area contributed by atoms with Crippen LogP contribution < -0.4 is 0 Å². The molecule has 6 heteroatoms. The molecule has 2 N–H and O–H groups in total. The summed E-state index contributed by atoms with van der Waals surface area (Å²) in [4.78, 5) is 23.6. The normalized spacial score (nSPS) is 35.9. The van der Waals surface area contributed by atoms with E-state index in [0.29, 0.717) is 6.42 Å². The zero-order chi connectivity index (χ0) is 12.6. The van der Waals surface area contributed by atoms with Crippen molar-refractivity contribution in [1.82, 2.24) is 4.90 Å². The van der Waals surface area contributed by atoms with Crippen molar-refractivity contribution < 1.29 is 24.5 Å². The van der Waals surface area contributed by atoms with Crippen LogP contribution in [0.3, 0.4) is 0 Å². The Balaban J connectivity index is 2.20. The minimum Gasteiger partial charge on any atom is -0.480 e. The van der Waals surface area contributed by atoms with Crippen LogP contribution in [0.2, 0.25) is 0 Å². The molecule has 0 amide bonds. The van der Waals surface area contributed by atoms with E-state index in [1.165, 1.54) is 6.08 Å². The number of hydrogen-bond acceptors (Lipinski definition) is 5. The van der Waals surface area contributed by atoms with Crippen LogP contribution in [0.4, 0.5) is 0 Å².